The van der Waals surface area contributed by atoms with E-state index < -0.39 is 17.3 Å². The summed E-state index contributed by atoms with van der Waals surface area (Å²) in [6.07, 6.45) is 2.01. The van der Waals surface area contributed by atoms with E-state index in [2.05, 4.69) is 6.58 Å². The largest absolute Gasteiger partial charge is 0.508 e. The third-order valence-corrected chi connectivity index (χ3v) is 5.31. The zero-order valence-corrected chi connectivity index (χ0v) is 18.1. The van der Waals surface area contributed by atoms with E-state index >= 15 is 0 Å². The van der Waals surface area contributed by atoms with Crippen molar-refractivity contribution in [2.45, 2.75) is 39.7 Å². The molecule has 0 saturated carbocycles. The van der Waals surface area contributed by atoms with Gasteiger partial charge in [-0.05, 0) is 39.3 Å². The van der Waals surface area contributed by atoms with Gasteiger partial charge in [-0.2, -0.15) is 0 Å². The van der Waals surface area contributed by atoms with Crippen molar-refractivity contribution in [1.82, 2.24) is 0 Å². The zero-order chi connectivity index (χ0) is 23.7. The lowest BCUT2D eigenvalue weighted by molar-refractivity contribution is 0.209. The molecular formula is C25H26O7. The number of hydrogen-bond acceptors (Lipinski definition) is 7. The molecular weight excluding hydrogens is 412 g/mol. The minimum atomic E-state index is -1.04. The van der Waals surface area contributed by atoms with Crippen LogP contribution in [0.15, 0.2) is 57.5 Å². The zero-order valence-electron chi connectivity index (χ0n) is 18.1. The number of phenols is 4. The average molecular weight is 438 g/mol. The standard InChI is InChI=1S/C25H26O7/c1-12(2)5-7-16-22(29)17(10-19(27)13(3)4)23(30)21-24(31)18(11-32-25(16)21)15-8-6-14(26)9-20(15)28/h5-6,8-9,11,19,26-30H,3,7,10H2,1-2,4H3/t19-/m0/s1. The number of rotatable bonds is 6. The molecule has 3 aromatic rings. The van der Waals surface area contributed by atoms with Crippen LogP contribution in [0.3, 0.4) is 0 Å². The maximum absolute atomic E-state index is 13.4. The minimum absolute atomic E-state index is 0.00420. The molecule has 7 heteroatoms. The molecule has 2 aromatic carbocycles. The summed E-state index contributed by atoms with van der Waals surface area (Å²) in [6, 6.07) is 3.75. The van der Waals surface area contributed by atoms with Crippen molar-refractivity contribution in [3.63, 3.8) is 0 Å². The van der Waals surface area contributed by atoms with E-state index in [-0.39, 0.29) is 57.7 Å². The van der Waals surface area contributed by atoms with Gasteiger partial charge in [-0.25, -0.2) is 0 Å². The number of aliphatic hydroxyl groups excluding tert-OH is 1. The first kappa shape index (κ1) is 23.0. The van der Waals surface area contributed by atoms with Gasteiger partial charge in [0.2, 0.25) is 5.43 Å². The Morgan fingerprint density at radius 3 is 2.34 bits per heavy atom. The molecule has 32 heavy (non-hydrogen) atoms. The molecule has 168 valence electrons. The van der Waals surface area contributed by atoms with E-state index in [0.717, 1.165) is 17.9 Å². The monoisotopic (exact) mass is 438 g/mol. The Labute approximate surface area is 184 Å². The minimum Gasteiger partial charge on any atom is -0.508 e. The molecule has 0 saturated heterocycles. The molecule has 1 aromatic heterocycles. The summed E-state index contributed by atoms with van der Waals surface area (Å²) in [5, 5.41) is 51.7. The van der Waals surface area contributed by atoms with Crippen molar-refractivity contribution >= 4 is 11.0 Å². The molecule has 0 aliphatic heterocycles. The summed E-state index contributed by atoms with van der Waals surface area (Å²) < 4.78 is 5.69. The number of aliphatic hydroxyl groups is 1. The first-order valence-corrected chi connectivity index (χ1v) is 10.0. The number of fused-ring (bicyclic) bond motifs is 1. The number of benzene rings is 2. The van der Waals surface area contributed by atoms with Crippen LogP contribution in [0, 0.1) is 0 Å². The predicted molar refractivity (Wildman–Crippen MR) is 122 cm³/mol. The molecule has 3 rings (SSSR count). The van der Waals surface area contributed by atoms with Crippen molar-refractivity contribution in [2.75, 3.05) is 0 Å². The van der Waals surface area contributed by atoms with Crippen LogP contribution >= 0.6 is 0 Å². The van der Waals surface area contributed by atoms with Gasteiger partial charge < -0.3 is 29.9 Å². The third-order valence-electron chi connectivity index (χ3n) is 5.31. The van der Waals surface area contributed by atoms with E-state index in [0.29, 0.717) is 11.1 Å². The summed E-state index contributed by atoms with van der Waals surface area (Å²) in [5.41, 5.74) is 1.17. The fourth-order valence-electron chi connectivity index (χ4n) is 3.45. The van der Waals surface area contributed by atoms with E-state index in [1.165, 1.54) is 12.1 Å². The van der Waals surface area contributed by atoms with Crippen LogP contribution in [0.4, 0.5) is 0 Å². The van der Waals surface area contributed by atoms with Crippen LogP contribution in [0.5, 0.6) is 23.0 Å². The summed E-state index contributed by atoms with van der Waals surface area (Å²) in [4.78, 5) is 13.4. The second kappa shape index (κ2) is 8.80. The molecule has 0 amide bonds. The van der Waals surface area contributed by atoms with Gasteiger partial charge in [0.05, 0.1) is 11.7 Å². The van der Waals surface area contributed by atoms with Gasteiger partial charge in [0, 0.05) is 29.2 Å². The van der Waals surface area contributed by atoms with Crippen molar-refractivity contribution in [2.24, 2.45) is 0 Å². The molecule has 7 nitrogen and oxygen atoms in total. The van der Waals surface area contributed by atoms with Crippen molar-refractivity contribution in [3.8, 4) is 34.1 Å². The quantitative estimate of drug-likeness (QED) is 0.363. The Morgan fingerprint density at radius 2 is 1.75 bits per heavy atom. The lowest BCUT2D eigenvalue weighted by atomic mass is 9.93. The van der Waals surface area contributed by atoms with E-state index in [4.69, 9.17) is 4.42 Å². The normalized spacial score (nSPS) is 12.0. The summed E-state index contributed by atoms with van der Waals surface area (Å²) in [5.74, 6) is -1.29. The highest BCUT2D eigenvalue weighted by Gasteiger charge is 2.26. The van der Waals surface area contributed by atoms with Crippen LogP contribution in [0.2, 0.25) is 0 Å². The van der Waals surface area contributed by atoms with E-state index in [9.17, 15) is 30.3 Å². The fourth-order valence-corrected chi connectivity index (χ4v) is 3.45. The van der Waals surface area contributed by atoms with Crippen LogP contribution in [-0.4, -0.2) is 31.6 Å². The fraction of sp³-hybridized carbons (Fsp3) is 0.240. The summed E-state index contributed by atoms with van der Waals surface area (Å²) >= 11 is 0. The molecule has 0 bridgehead atoms. The van der Waals surface area contributed by atoms with Gasteiger partial charge in [0.15, 0.2) is 0 Å². The van der Waals surface area contributed by atoms with Crippen molar-refractivity contribution < 1.29 is 29.9 Å². The average Bonchev–Trinajstić information content (AvgIpc) is 2.71. The topological polar surface area (TPSA) is 131 Å². The Hall–Kier alpha value is -3.71. The molecule has 5 N–H and O–H groups in total. The molecule has 0 radical (unpaired) electrons. The van der Waals surface area contributed by atoms with Crippen LogP contribution in [0.25, 0.3) is 22.1 Å². The molecule has 0 aliphatic rings. The molecule has 1 atom stereocenters. The maximum Gasteiger partial charge on any atom is 0.204 e. The number of hydrogen-bond donors (Lipinski definition) is 5. The summed E-state index contributed by atoms with van der Waals surface area (Å²) in [6.45, 7) is 9.07. The third kappa shape index (κ3) is 4.20. The van der Waals surface area contributed by atoms with Gasteiger partial charge in [0.1, 0.15) is 40.2 Å². The molecule has 0 spiro atoms. The van der Waals surface area contributed by atoms with Gasteiger partial charge >= 0.3 is 0 Å². The van der Waals surface area contributed by atoms with Crippen molar-refractivity contribution in [3.05, 3.63) is 69.6 Å². The number of aromatic hydroxyl groups is 4. The Morgan fingerprint density at radius 1 is 1.06 bits per heavy atom. The van der Waals surface area contributed by atoms with E-state index in [1.807, 2.05) is 19.9 Å². The van der Waals surface area contributed by atoms with Gasteiger partial charge in [-0.3, -0.25) is 4.79 Å². The SMILES string of the molecule is C=C(C)[C@@H](O)Cc1c(O)c(CC=C(C)C)c2occ(-c3ccc(O)cc3O)c(=O)c2c1O. The Kier molecular flexibility index (Phi) is 6.32. The van der Waals surface area contributed by atoms with Crippen LogP contribution in [-0.2, 0) is 12.8 Å². The van der Waals surface area contributed by atoms with Gasteiger partial charge in [-0.1, -0.05) is 23.8 Å². The van der Waals surface area contributed by atoms with E-state index in [1.54, 1.807) is 6.92 Å². The first-order valence-electron chi connectivity index (χ1n) is 10.0. The Bertz CT molecular complexity index is 1290. The molecule has 1 heterocycles. The second-order valence-electron chi connectivity index (χ2n) is 8.09. The smallest absolute Gasteiger partial charge is 0.204 e. The second-order valence-corrected chi connectivity index (χ2v) is 8.09. The molecule has 0 unspecified atom stereocenters. The number of allylic oxidation sites excluding steroid dienone is 2. The van der Waals surface area contributed by atoms with Crippen LogP contribution in [0.1, 0.15) is 31.9 Å². The number of phenolic OH excluding ortho intramolecular Hbond substituents is 4. The Balaban J connectivity index is 2.37. The molecule has 0 aliphatic carbocycles. The van der Waals surface area contributed by atoms with Crippen molar-refractivity contribution in [1.29, 1.82) is 0 Å². The molecule has 0 fully saturated rings. The lowest BCUT2D eigenvalue weighted by Crippen LogP contribution is -2.14. The predicted octanol–water partition coefficient (Wildman–Crippen LogP) is 4.27. The highest BCUT2D eigenvalue weighted by Crippen LogP contribution is 2.41. The lowest BCUT2D eigenvalue weighted by Gasteiger charge is -2.17. The van der Waals surface area contributed by atoms with Gasteiger partial charge in [0.25, 0.3) is 0 Å². The first-order chi connectivity index (χ1) is 15.0. The highest BCUT2D eigenvalue weighted by atomic mass is 16.3. The highest BCUT2D eigenvalue weighted by molar-refractivity contribution is 5.93. The summed E-state index contributed by atoms with van der Waals surface area (Å²) in [7, 11) is 0. The van der Waals surface area contributed by atoms with Crippen LogP contribution < -0.4 is 5.43 Å². The maximum atomic E-state index is 13.4. The van der Waals surface area contributed by atoms with Gasteiger partial charge in [-0.15, -0.1) is 0 Å².